The van der Waals surface area contributed by atoms with Gasteiger partial charge in [-0.3, -0.25) is 9.69 Å². The lowest BCUT2D eigenvalue weighted by Gasteiger charge is -2.51. The molecule has 0 unspecified atom stereocenters. The van der Waals surface area contributed by atoms with Crippen LogP contribution in [0.25, 0.3) is 0 Å². The number of hydrogen-bond donors (Lipinski definition) is 3. The number of ether oxygens (including phenoxy) is 1. The number of aliphatic hydroxyl groups is 1. The number of carbonyl (C=O) groups excluding carboxylic acids is 1. The van der Waals surface area contributed by atoms with Gasteiger partial charge in [-0.15, -0.1) is 23.5 Å². The molecule has 13 heteroatoms. The first kappa shape index (κ1) is 42.2. The molecule has 9 nitrogen and oxygen atoms in total. The minimum Gasteiger partial charge on any atom is -0.490 e. The van der Waals surface area contributed by atoms with E-state index >= 15 is 0 Å². The van der Waals surface area contributed by atoms with Gasteiger partial charge < -0.3 is 20.1 Å². The van der Waals surface area contributed by atoms with E-state index in [9.17, 15) is 18.3 Å². The maximum Gasteiger partial charge on any atom is 0.264 e. The van der Waals surface area contributed by atoms with Crippen LogP contribution in [0.4, 0.5) is 5.69 Å². The molecule has 1 saturated carbocycles. The molecule has 3 N–H and O–H groups in total. The van der Waals surface area contributed by atoms with Gasteiger partial charge in [-0.05, 0) is 136 Å². The summed E-state index contributed by atoms with van der Waals surface area (Å²) < 4.78 is 35.9. The zero-order valence-corrected chi connectivity index (χ0v) is 36.7. The Kier molecular flexibility index (Phi) is 13.4. The molecule has 4 heterocycles. The molecule has 0 radical (unpaired) electrons. The van der Waals surface area contributed by atoms with Crippen LogP contribution < -0.4 is 19.7 Å². The van der Waals surface area contributed by atoms with Gasteiger partial charge in [-0.2, -0.15) is 0 Å². The van der Waals surface area contributed by atoms with Gasteiger partial charge in [0.05, 0.1) is 22.1 Å². The number of halogens is 1. The van der Waals surface area contributed by atoms with Crippen molar-refractivity contribution in [2.45, 2.75) is 99.5 Å². The van der Waals surface area contributed by atoms with Crippen molar-refractivity contribution in [2.24, 2.45) is 17.8 Å². The highest BCUT2D eigenvalue weighted by atomic mass is 35.5. The number of thioether (sulfide) groups is 2. The molecule has 2 aromatic carbocycles. The molecule has 2 aromatic rings. The number of anilines is 1. The van der Waals surface area contributed by atoms with Crippen molar-refractivity contribution in [3.05, 3.63) is 70.3 Å². The zero-order chi connectivity index (χ0) is 39.7. The van der Waals surface area contributed by atoms with E-state index in [0.29, 0.717) is 31.9 Å². The third kappa shape index (κ3) is 8.97. The van der Waals surface area contributed by atoms with Gasteiger partial charge >= 0.3 is 0 Å². The van der Waals surface area contributed by atoms with Gasteiger partial charge in [0.25, 0.3) is 5.91 Å². The summed E-state index contributed by atoms with van der Waals surface area (Å²) in [6, 6.07) is 12.2. The summed E-state index contributed by atoms with van der Waals surface area (Å²) in [5, 5.41) is 15.9. The number of sulfonamides is 1. The third-order valence-electron chi connectivity index (χ3n) is 13.3. The Morgan fingerprint density at radius 2 is 1.80 bits per heavy atom. The first-order chi connectivity index (χ1) is 26.8. The van der Waals surface area contributed by atoms with E-state index in [1.165, 1.54) is 24.2 Å². The van der Waals surface area contributed by atoms with E-state index in [2.05, 4.69) is 45.8 Å². The number of aryl methyl sites for hydroxylation is 1. The lowest BCUT2D eigenvalue weighted by Crippen LogP contribution is -2.55. The summed E-state index contributed by atoms with van der Waals surface area (Å²) in [6.07, 6.45) is 10.5. The van der Waals surface area contributed by atoms with Crippen LogP contribution in [0.2, 0.25) is 5.02 Å². The Morgan fingerprint density at radius 3 is 2.50 bits per heavy atom. The summed E-state index contributed by atoms with van der Waals surface area (Å²) in [5.41, 5.74) is 2.32. The maximum absolute atomic E-state index is 13.5. The van der Waals surface area contributed by atoms with Crippen LogP contribution in [0.15, 0.2) is 48.6 Å². The largest absolute Gasteiger partial charge is 0.490 e. The van der Waals surface area contributed by atoms with Crippen molar-refractivity contribution < 1.29 is 23.1 Å². The van der Waals surface area contributed by atoms with Gasteiger partial charge in [0, 0.05) is 61.3 Å². The number of nitrogens with zero attached hydrogens (tertiary/aromatic N) is 2. The molecular weight excluding hydrogens is 784 g/mol. The molecule has 1 spiro atoms. The van der Waals surface area contributed by atoms with E-state index in [-0.39, 0.29) is 33.3 Å². The molecule has 6 atom stereocenters. The predicted octanol–water partition coefficient (Wildman–Crippen LogP) is 7.11. The van der Waals surface area contributed by atoms with Crippen LogP contribution in [0.1, 0.15) is 87.7 Å². The molecule has 56 heavy (non-hydrogen) atoms. The van der Waals surface area contributed by atoms with Crippen LogP contribution in [0.5, 0.6) is 5.75 Å². The fourth-order valence-electron chi connectivity index (χ4n) is 9.52. The Balaban J connectivity index is 0.000000471. The fourth-order valence-corrected chi connectivity index (χ4v) is 14.2. The van der Waals surface area contributed by atoms with Crippen LogP contribution in [0, 0.1) is 17.8 Å². The summed E-state index contributed by atoms with van der Waals surface area (Å²) in [5.74, 6) is 2.18. The van der Waals surface area contributed by atoms with Crippen molar-refractivity contribution in [3.63, 3.8) is 0 Å². The van der Waals surface area contributed by atoms with E-state index < -0.39 is 26.8 Å². The van der Waals surface area contributed by atoms with Crippen molar-refractivity contribution in [2.75, 3.05) is 62.3 Å². The number of allylic oxidation sites excluding steroid dienone is 1. The molecular formula is C43H61ClN4O5S3. The summed E-state index contributed by atoms with van der Waals surface area (Å²) in [6.45, 7) is 14.7. The fraction of sp³-hybridized carbons (Fsp3) is 0.651. The number of fused-ring (bicyclic) bond motifs is 4. The first-order valence-corrected chi connectivity index (χ1v) is 24.8. The number of hydrogen-bond acceptors (Lipinski definition) is 10. The predicted molar refractivity (Wildman–Crippen MR) is 233 cm³/mol. The van der Waals surface area contributed by atoms with E-state index in [4.69, 9.17) is 16.3 Å². The standard InChI is InChI=1S/C36H45ClN2O5S3.C7H16N2/c1-23-6-3-15-36(41,34-45-16-5-17-46-34)30-11-8-27(30)20-39-21-35(14-4-7-25-18-28(37)10-12-29(25)35)22-44-32-13-9-26(19-31(32)39)33(40)38-47(42,43)24(23)2;1-7(2)9-5-3-8-4-6-9/h3,9-10,12-13,15,18-19,23-24,27,30,34,41H,4-8,11,14,16-17,20-22H2,1-2H3,(H,38,40);7-8H,3-6H2,1-2H3/b15-3+;/t23-,24+,27-,30+,35-,36-;/m0./s1. The minimum absolute atomic E-state index is 0.0302. The lowest BCUT2D eigenvalue weighted by atomic mass is 9.64. The van der Waals surface area contributed by atoms with Crippen molar-refractivity contribution >= 4 is 56.7 Å². The molecule has 1 amide bonds. The average Bonchev–Trinajstić information content (AvgIpc) is 3.33. The molecule has 4 aliphatic heterocycles. The first-order valence-electron chi connectivity index (χ1n) is 20.7. The second kappa shape index (κ2) is 17.7. The number of benzene rings is 2. The van der Waals surface area contributed by atoms with E-state index in [1.807, 2.05) is 54.7 Å². The average molecular weight is 846 g/mol. The Bertz CT molecular complexity index is 1850. The molecule has 6 aliphatic rings. The molecule has 2 bridgehead atoms. The topological polar surface area (TPSA) is 111 Å². The normalized spacial score (nSPS) is 33.1. The quantitative estimate of drug-likeness (QED) is 0.271. The van der Waals surface area contributed by atoms with Gasteiger partial charge in [0.15, 0.2) is 0 Å². The van der Waals surface area contributed by atoms with Crippen LogP contribution in [-0.4, -0.2) is 103 Å². The summed E-state index contributed by atoms with van der Waals surface area (Å²) >= 11 is 10.2. The van der Waals surface area contributed by atoms with Gasteiger partial charge in [0.1, 0.15) is 11.4 Å². The van der Waals surface area contributed by atoms with Crippen molar-refractivity contribution in [3.8, 4) is 5.75 Å². The highest BCUT2D eigenvalue weighted by Gasteiger charge is 2.52. The third-order valence-corrected chi connectivity index (χ3v) is 18.6. The number of carbonyl (C=O) groups is 1. The number of nitrogens with one attached hydrogen (secondary N) is 2. The molecule has 8 rings (SSSR count). The Morgan fingerprint density at radius 1 is 1.04 bits per heavy atom. The molecule has 308 valence electrons. The minimum atomic E-state index is -3.95. The molecule has 3 fully saturated rings. The summed E-state index contributed by atoms with van der Waals surface area (Å²) in [4.78, 5) is 18.4. The molecule has 2 aliphatic carbocycles. The SMILES string of the molecule is CC(C)N1CCNCC1.C[C@@H]1[C@@H](C)C/C=C/[C@@](O)(C2SCCCS2)[C@@H]2CC[C@H]2CN2C[C@@]3(CCCc4cc(Cl)ccc43)COc3ccc(cc32)C(=O)NS1(=O)=O. The Labute approximate surface area is 348 Å². The second-order valence-electron chi connectivity index (χ2n) is 17.2. The highest BCUT2D eigenvalue weighted by Crippen LogP contribution is 2.53. The van der Waals surface area contributed by atoms with E-state index in [0.717, 1.165) is 79.9 Å². The summed E-state index contributed by atoms with van der Waals surface area (Å²) in [7, 11) is -3.95. The molecule has 0 aromatic heterocycles. The Hall–Kier alpha value is -1.93. The van der Waals surface area contributed by atoms with E-state index in [1.54, 1.807) is 19.1 Å². The number of amides is 1. The monoisotopic (exact) mass is 844 g/mol. The maximum atomic E-state index is 13.5. The van der Waals surface area contributed by atoms with Gasteiger partial charge in [-0.1, -0.05) is 36.7 Å². The lowest BCUT2D eigenvalue weighted by molar-refractivity contribution is -0.0333. The van der Waals surface area contributed by atoms with Crippen LogP contribution in [-0.2, 0) is 21.9 Å². The zero-order valence-electron chi connectivity index (χ0n) is 33.5. The smallest absolute Gasteiger partial charge is 0.264 e. The number of piperazine rings is 1. The van der Waals surface area contributed by atoms with Gasteiger partial charge in [0.2, 0.25) is 10.0 Å². The van der Waals surface area contributed by atoms with Crippen LogP contribution >= 0.6 is 35.1 Å². The number of rotatable bonds is 2. The van der Waals surface area contributed by atoms with Crippen molar-refractivity contribution in [1.29, 1.82) is 0 Å². The molecule has 2 saturated heterocycles. The van der Waals surface area contributed by atoms with Gasteiger partial charge in [-0.25, -0.2) is 13.1 Å². The second-order valence-corrected chi connectivity index (χ2v) is 22.4. The van der Waals surface area contributed by atoms with Crippen molar-refractivity contribution in [1.82, 2.24) is 14.9 Å². The highest BCUT2D eigenvalue weighted by molar-refractivity contribution is 8.17. The van der Waals surface area contributed by atoms with Crippen LogP contribution in [0.3, 0.4) is 0 Å².